The van der Waals surface area contributed by atoms with E-state index in [0.29, 0.717) is 0 Å². The van der Waals surface area contributed by atoms with Crippen LogP contribution in [0.5, 0.6) is 0 Å². The predicted octanol–water partition coefficient (Wildman–Crippen LogP) is 0.845. The van der Waals surface area contributed by atoms with Gasteiger partial charge in [0.05, 0.1) is 0 Å². The lowest BCUT2D eigenvalue weighted by atomic mass is 10.2. The maximum atomic E-state index is 10.6. The maximum Gasteiger partial charge on any atom is 0.217 e. The van der Waals surface area contributed by atoms with Crippen molar-refractivity contribution in [3.05, 3.63) is 12.2 Å². The van der Waals surface area contributed by atoms with Crippen LogP contribution in [0.15, 0.2) is 12.2 Å². The van der Waals surface area contributed by atoms with Gasteiger partial charge in [0.25, 0.3) is 0 Å². The van der Waals surface area contributed by atoms with Gasteiger partial charge in [0.15, 0.2) is 0 Å². The summed E-state index contributed by atoms with van der Waals surface area (Å²) >= 11 is 0. The molecule has 0 radical (unpaired) electrons. The number of hydrogen-bond donors (Lipinski definition) is 1. The molecule has 1 N–H and O–H groups in total. The van der Waals surface area contributed by atoms with Crippen molar-refractivity contribution in [3.8, 4) is 11.8 Å². The van der Waals surface area contributed by atoms with E-state index in [2.05, 4.69) is 17.2 Å². The van der Waals surface area contributed by atoms with Crippen LogP contribution in [0.3, 0.4) is 0 Å². The van der Waals surface area contributed by atoms with Gasteiger partial charge in [-0.05, 0) is 12.5 Å². The van der Waals surface area contributed by atoms with Gasteiger partial charge in [0.1, 0.15) is 0 Å². The topological polar surface area (TPSA) is 29.1 Å². The van der Waals surface area contributed by atoms with Crippen LogP contribution >= 0.6 is 0 Å². The summed E-state index contributed by atoms with van der Waals surface area (Å²) in [6, 6.07) is 0.162. The molecule has 0 spiro atoms. The third-order valence-corrected chi connectivity index (χ3v) is 1.48. The summed E-state index contributed by atoms with van der Waals surface area (Å²) in [5, 5.41) is 2.82. The maximum absolute atomic E-state index is 10.6. The second kappa shape index (κ2) is 3.82. The van der Waals surface area contributed by atoms with Crippen molar-refractivity contribution in [2.75, 3.05) is 0 Å². The first-order chi connectivity index (χ1) is 5.29. The third kappa shape index (κ3) is 2.90. The van der Waals surface area contributed by atoms with Gasteiger partial charge in [-0.1, -0.05) is 17.9 Å². The van der Waals surface area contributed by atoms with Gasteiger partial charge in [-0.2, -0.15) is 0 Å². The summed E-state index contributed by atoms with van der Waals surface area (Å²) in [6.07, 6.45) is 5.51. The van der Waals surface area contributed by atoms with E-state index < -0.39 is 0 Å². The first-order valence-corrected chi connectivity index (χ1v) is 3.71. The average molecular weight is 149 g/mol. The molecule has 0 heterocycles. The molecule has 0 bridgehead atoms. The molecule has 1 amide bonds. The van der Waals surface area contributed by atoms with E-state index >= 15 is 0 Å². The van der Waals surface area contributed by atoms with E-state index in [1.807, 2.05) is 6.08 Å². The van der Waals surface area contributed by atoms with Gasteiger partial charge in [-0.25, -0.2) is 0 Å². The first-order valence-electron chi connectivity index (χ1n) is 3.71. The monoisotopic (exact) mass is 149 g/mol. The molecule has 11 heavy (non-hydrogen) atoms. The highest BCUT2D eigenvalue weighted by molar-refractivity contribution is 5.73. The van der Waals surface area contributed by atoms with E-state index in [1.54, 1.807) is 6.08 Å². The Labute approximate surface area is 66.7 Å². The van der Waals surface area contributed by atoms with Crippen LogP contribution < -0.4 is 5.32 Å². The highest BCUT2D eigenvalue weighted by Crippen LogP contribution is 2.00. The second-order valence-corrected chi connectivity index (χ2v) is 2.53. The van der Waals surface area contributed by atoms with Crippen molar-refractivity contribution in [2.24, 2.45) is 0 Å². The Morgan fingerprint density at radius 2 is 2.55 bits per heavy atom. The summed E-state index contributed by atoms with van der Waals surface area (Å²) in [4.78, 5) is 10.6. The summed E-state index contributed by atoms with van der Waals surface area (Å²) in [5.41, 5.74) is 0. The van der Waals surface area contributed by atoms with Crippen LogP contribution in [0.4, 0.5) is 0 Å². The van der Waals surface area contributed by atoms with Gasteiger partial charge in [0.2, 0.25) is 5.91 Å². The Morgan fingerprint density at radius 3 is 3.27 bits per heavy atom. The van der Waals surface area contributed by atoms with Crippen molar-refractivity contribution in [2.45, 2.75) is 25.8 Å². The molecule has 2 nitrogen and oxygen atoms in total. The number of allylic oxidation sites excluding steroid dienone is 1. The van der Waals surface area contributed by atoms with E-state index in [1.165, 1.54) is 6.92 Å². The summed E-state index contributed by atoms with van der Waals surface area (Å²) in [5.74, 6) is 5.85. The Bertz CT molecular complexity index is 232. The number of hydrogen-bond acceptors (Lipinski definition) is 1. The number of amides is 1. The zero-order chi connectivity index (χ0) is 8.10. The van der Waals surface area contributed by atoms with Crippen molar-refractivity contribution in [3.63, 3.8) is 0 Å². The first kappa shape index (κ1) is 7.87. The minimum atomic E-state index is 0.0153. The van der Waals surface area contributed by atoms with Crippen molar-refractivity contribution < 1.29 is 4.79 Å². The zero-order valence-electron chi connectivity index (χ0n) is 6.55. The highest BCUT2D eigenvalue weighted by Gasteiger charge is 2.04. The molecule has 0 aliphatic heterocycles. The Hall–Kier alpha value is -1.23. The van der Waals surface area contributed by atoms with Crippen LogP contribution in [-0.4, -0.2) is 11.9 Å². The van der Waals surface area contributed by atoms with Crippen LogP contribution in [0, 0.1) is 11.8 Å². The molecule has 0 aromatic rings. The standard InChI is InChI=1S/C9H11NO/c1-8(11)10-9-6-4-2-3-5-7-9/h4,6,9H,5,7H2,1H3,(H,10,11). The molecular formula is C9H11NO. The van der Waals surface area contributed by atoms with Crippen molar-refractivity contribution in [1.82, 2.24) is 5.32 Å². The molecule has 0 saturated heterocycles. The minimum absolute atomic E-state index is 0.0153. The lowest BCUT2D eigenvalue weighted by Crippen LogP contribution is -2.30. The average Bonchev–Trinajstić information content (AvgIpc) is 2.14. The molecule has 0 saturated carbocycles. The normalized spacial score (nSPS) is 21.4. The fourth-order valence-electron chi connectivity index (χ4n) is 1.00. The Balaban J connectivity index is 2.44. The largest absolute Gasteiger partial charge is 0.350 e. The Kier molecular flexibility index (Phi) is 2.74. The highest BCUT2D eigenvalue weighted by atomic mass is 16.1. The zero-order valence-corrected chi connectivity index (χ0v) is 6.55. The molecule has 0 aromatic carbocycles. The van der Waals surface area contributed by atoms with Crippen LogP contribution in [0.2, 0.25) is 0 Å². The third-order valence-electron chi connectivity index (χ3n) is 1.48. The number of nitrogens with one attached hydrogen (secondary N) is 1. The smallest absolute Gasteiger partial charge is 0.217 e. The van der Waals surface area contributed by atoms with Gasteiger partial charge in [0, 0.05) is 19.4 Å². The van der Waals surface area contributed by atoms with Crippen molar-refractivity contribution >= 4 is 5.91 Å². The lowest BCUT2D eigenvalue weighted by Gasteiger charge is -2.10. The van der Waals surface area contributed by atoms with Gasteiger partial charge >= 0.3 is 0 Å². The summed E-state index contributed by atoms with van der Waals surface area (Å²) in [7, 11) is 0. The predicted molar refractivity (Wildman–Crippen MR) is 43.8 cm³/mol. The minimum Gasteiger partial charge on any atom is -0.350 e. The molecule has 1 rings (SSSR count). The molecule has 58 valence electrons. The van der Waals surface area contributed by atoms with Crippen LogP contribution in [0.25, 0.3) is 0 Å². The van der Waals surface area contributed by atoms with Crippen LogP contribution in [0.1, 0.15) is 19.8 Å². The molecular weight excluding hydrogens is 138 g/mol. The molecule has 0 aromatic heterocycles. The number of rotatable bonds is 1. The quantitative estimate of drug-likeness (QED) is 0.550. The number of carbonyl (C=O) groups excluding carboxylic acids is 1. The fraction of sp³-hybridized carbons (Fsp3) is 0.444. The van der Waals surface area contributed by atoms with Crippen LogP contribution in [-0.2, 0) is 4.79 Å². The van der Waals surface area contributed by atoms with E-state index in [0.717, 1.165) is 12.8 Å². The molecule has 1 aliphatic carbocycles. The Morgan fingerprint density at radius 1 is 1.73 bits per heavy atom. The van der Waals surface area contributed by atoms with E-state index in [9.17, 15) is 4.79 Å². The summed E-state index contributed by atoms with van der Waals surface area (Å²) < 4.78 is 0. The van der Waals surface area contributed by atoms with Gasteiger partial charge < -0.3 is 5.32 Å². The fourth-order valence-corrected chi connectivity index (χ4v) is 1.00. The van der Waals surface area contributed by atoms with E-state index in [4.69, 9.17) is 0 Å². The van der Waals surface area contributed by atoms with E-state index in [-0.39, 0.29) is 11.9 Å². The molecule has 1 atom stereocenters. The van der Waals surface area contributed by atoms with Gasteiger partial charge in [-0.15, -0.1) is 0 Å². The van der Waals surface area contributed by atoms with Crippen molar-refractivity contribution in [1.29, 1.82) is 0 Å². The summed E-state index contributed by atoms with van der Waals surface area (Å²) in [6.45, 7) is 1.53. The number of carbonyl (C=O) groups is 1. The molecule has 1 aliphatic rings. The molecule has 0 fully saturated rings. The molecule has 2 heteroatoms. The van der Waals surface area contributed by atoms with Gasteiger partial charge in [-0.3, -0.25) is 4.79 Å². The SMILES string of the molecule is CC(=O)NC1C=CC#CCC1. The lowest BCUT2D eigenvalue weighted by molar-refractivity contribution is -0.119. The molecule has 1 unspecified atom stereocenters. The second-order valence-electron chi connectivity index (χ2n) is 2.53.